The van der Waals surface area contributed by atoms with Crippen molar-refractivity contribution in [2.24, 2.45) is 16.3 Å². The average molecular weight is 534 g/mol. The lowest BCUT2D eigenvalue weighted by atomic mass is 9.90. The summed E-state index contributed by atoms with van der Waals surface area (Å²) in [6, 6.07) is 11.7. The van der Waals surface area contributed by atoms with E-state index in [-0.39, 0.29) is 18.2 Å². The molecule has 0 spiro atoms. The molecule has 1 unspecified atom stereocenters. The normalized spacial score (nSPS) is 16.2. The fourth-order valence-electron chi connectivity index (χ4n) is 4.08. The van der Waals surface area contributed by atoms with Crippen LogP contribution >= 0.6 is 0 Å². The predicted octanol–water partition coefficient (Wildman–Crippen LogP) is 3.65. The van der Waals surface area contributed by atoms with Gasteiger partial charge in [-0.1, -0.05) is 65.3 Å². The molecular weight excluding hydrogens is 494 g/mol. The van der Waals surface area contributed by atoms with E-state index in [2.05, 4.69) is 34.5 Å². The molecule has 9 nitrogen and oxygen atoms in total. The maximum absolute atomic E-state index is 13.9. The molecule has 0 saturated heterocycles. The maximum Gasteiger partial charge on any atom is 0.272 e. The number of Topliss-reactive ketones (excluding diaryl/α,β-unsaturated/α-hetero) is 1. The van der Waals surface area contributed by atoms with Crippen molar-refractivity contribution < 1.29 is 19.2 Å². The molecular formula is C30H39N5O4. The Balaban J connectivity index is 1.94. The van der Waals surface area contributed by atoms with Gasteiger partial charge < -0.3 is 15.5 Å². The van der Waals surface area contributed by atoms with E-state index in [0.717, 1.165) is 12.8 Å². The number of hydrogen-bond acceptors (Lipinski definition) is 6. The first kappa shape index (κ1) is 29.7. The van der Waals surface area contributed by atoms with Gasteiger partial charge in [0.05, 0.1) is 23.6 Å². The molecule has 0 fully saturated rings. The van der Waals surface area contributed by atoms with Gasteiger partial charge in [0, 0.05) is 23.6 Å². The number of benzene rings is 1. The largest absolute Gasteiger partial charge is 0.345 e. The third kappa shape index (κ3) is 7.81. The van der Waals surface area contributed by atoms with Crippen molar-refractivity contribution in [1.29, 1.82) is 0 Å². The summed E-state index contributed by atoms with van der Waals surface area (Å²) < 4.78 is 0. The van der Waals surface area contributed by atoms with Crippen LogP contribution in [0.2, 0.25) is 0 Å². The quantitative estimate of drug-likeness (QED) is 0.483. The highest BCUT2D eigenvalue weighted by Gasteiger charge is 2.36. The first-order chi connectivity index (χ1) is 18.4. The fraction of sp³-hybridized carbons (Fsp3) is 0.467. The maximum atomic E-state index is 13.9. The molecule has 208 valence electrons. The standard InChI is InChI=1S/C30H39N5O4/c1-19(2)12-11-16-25(37)32-20(3)28(38)34-27-29(39)35(18-24(36)30(4,5)6)23-15-8-7-13-21(23)26(33-27)22-14-9-10-17-31-22/h7-10,13-15,17,19-20,27H,11-12,16,18H2,1-6H3,(H,32,37)(H,34,38)/t20-,27?/m0/s1. The highest BCUT2D eigenvalue weighted by atomic mass is 16.2. The highest BCUT2D eigenvalue weighted by Crippen LogP contribution is 2.29. The molecule has 2 heterocycles. The van der Waals surface area contributed by atoms with Gasteiger partial charge in [-0.2, -0.15) is 0 Å². The average Bonchev–Trinajstić information content (AvgIpc) is 2.99. The summed E-state index contributed by atoms with van der Waals surface area (Å²) in [5, 5.41) is 5.40. The Labute approximate surface area is 230 Å². The lowest BCUT2D eigenvalue weighted by Crippen LogP contribution is -2.54. The second-order valence-corrected chi connectivity index (χ2v) is 11.3. The lowest BCUT2D eigenvalue weighted by molar-refractivity contribution is -0.131. The van der Waals surface area contributed by atoms with E-state index in [0.29, 0.717) is 35.0 Å². The number of carbonyl (C=O) groups excluding carboxylic acids is 4. The van der Waals surface area contributed by atoms with Gasteiger partial charge in [0.25, 0.3) is 5.91 Å². The summed E-state index contributed by atoms with van der Waals surface area (Å²) in [5.74, 6) is -0.979. The van der Waals surface area contributed by atoms with Crippen LogP contribution in [0.3, 0.4) is 0 Å². The van der Waals surface area contributed by atoms with Crippen LogP contribution in [0.25, 0.3) is 0 Å². The minimum atomic E-state index is -1.32. The lowest BCUT2D eigenvalue weighted by Gasteiger charge is -2.28. The number of benzodiazepines with no additional fused rings is 1. The Bertz CT molecular complexity index is 1230. The number of para-hydroxylation sites is 1. The zero-order valence-electron chi connectivity index (χ0n) is 23.7. The molecule has 3 rings (SSSR count). The first-order valence-corrected chi connectivity index (χ1v) is 13.4. The van der Waals surface area contributed by atoms with Crippen molar-refractivity contribution in [1.82, 2.24) is 15.6 Å². The number of amides is 3. The van der Waals surface area contributed by atoms with Gasteiger partial charge in [-0.05, 0) is 37.5 Å². The van der Waals surface area contributed by atoms with Gasteiger partial charge in [0.15, 0.2) is 5.78 Å². The second-order valence-electron chi connectivity index (χ2n) is 11.3. The van der Waals surface area contributed by atoms with Crippen LogP contribution in [0, 0.1) is 11.3 Å². The number of rotatable bonds is 10. The summed E-state index contributed by atoms with van der Waals surface area (Å²) in [5.41, 5.74) is 1.38. The van der Waals surface area contributed by atoms with Crippen LogP contribution in [-0.2, 0) is 19.2 Å². The van der Waals surface area contributed by atoms with Crippen molar-refractivity contribution in [2.45, 2.75) is 73.0 Å². The Morgan fingerprint density at radius 3 is 2.36 bits per heavy atom. The Kier molecular flexibility index (Phi) is 9.72. The van der Waals surface area contributed by atoms with Crippen LogP contribution in [-0.4, -0.2) is 53.0 Å². The molecule has 1 aromatic heterocycles. The topological polar surface area (TPSA) is 121 Å². The number of nitrogens with one attached hydrogen (secondary N) is 2. The molecule has 0 radical (unpaired) electrons. The molecule has 0 bridgehead atoms. The summed E-state index contributed by atoms with van der Waals surface area (Å²) >= 11 is 0. The van der Waals surface area contributed by atoms with Gasteiger partial charge in [-0.3, -0.25) is 24.2 Å². The molecule has 0 aliphatic carbocycles. The zero-order chi connectivity index (χ0) is 28.7. The molecule has 2 aromatic rings. The van der Waals surface area contributed by atoms with Crippen LogP contribution in [0.5, 0.6) is 0 Å². The number of pyridine rings is 1. The molecule has 1 aromatic carbocycles. The van der Waals surface area contributed by atoms with Crippen molar-refractivity contribution in [2.75, 3.05) is 11.4 Å². The van der Waals surface area contributed by atoms with Crippen molar-refractivity contribution in [3.8, 4) is 0 Å². The summed E-state index contributed by atoms with van der Waals surface area (Å²) in [4.78, 5) is 62.9. The molecule has 2 atom stereocenters. The fourth-order valence-corrected chi connectivity index (χ4v) is 4.08. The number of anilines is 1. The van der Waals surface area contributed by atoms with Crippen molar-refractivity contribution in [3.05, 3.63) is 59.9 Å². The van der Waals surface area contributed by atoms with E-state index in [1.165, 1.54) is 4.90 Å². The van der Waals surface area contributed by atoms with E-state index in [9.17, 15) is 19.2 Å². The van der Waals surface area contributed by atoms with E-state index < -0.39 is 29.4 Å². The number of fused-ring (bicyclic) bond motifs is 1. The Hall–Kier alpha value is -3.88. The molecule has 39 heavy (non-hydrogen) atoms. The van der Waals surface area contributed by atoms with Crippen LogP contribution in [0.15, 0.2) is 53.7 Å². The number of aromatic nitrogens is 1. The minimum absolute atomic E-state index is 0.140. The third-order valence-electron chi connectivity index (χ3n) is 6.49. The SMILES string of the molecule is CC(C)CCCC(=O)N[C@@H](C)C(=O)NC1N=C(c2ccccn2)c2ccccc2N(CC(=O)C(C)(C)C)C1=O. The number of hydrogen-bond donors (Lipinski definition) is 2. The number of carbonyl (C=O) groups is 4. The van der Waals surface area contributed by atoms with Gasteiger partial charge in [0.1, 0.15) is 6.04 Å². The molecule has 9 heteroatoms. The number of ketones is 1. The number of aliphatic imine (C=N–C) groups is 1. The van der Waals surface area contributed by atoms with E-state index in [1.54, 1.807) is 58.2 Å². The minimum Gasteiger partial charge on any atom is -0.345 e. The van der Waals surface area contributed by atoms with Crippen LogP contribution in [0.4, 0.5) is 5.69 Å². The predicted molar refractivity (Wildman–Crippen MR) is 151 cm³/mol. The third-order valence-corrected chi connectivity index (χ3v) is 6.49. The second kappa shape index (κ2) is 12.8. The Morgan fingerprint density at radius 1 is 1.03 bits per heavy atom. The molecule has 1 aliphatic heterocycles. The summed E-state index contributed by atoms with van der Waals surface area (Å²) in [7, 11) is 0. The Morgan fingerprint density at radius 2 is 1.72 bits per heavy atom. The first-order valence-electron chi connectivity index (χ1n) is 13.4. The molecule has 3 amide bonds. The van der Waals surface area contributed by atoms with Crippen LogP contribution < -0.4 is 15.5 Å². The molecule has 0 saturated carbocycles. The van der Waals surface area contributed by atoms with Gasteiger partial charge >= 0.3 is 0 Å². The summed E-state index contributed by atoms with van der Waals surface area (Å²) in [6.07, 6.45) is 2.26. The summed E-state index contributed by atoms with van der Waals surface area (Å²) in [6.45, 7) is 11.0. The number of nitrogens with zero attached hydrogens (tertiary/aromatic N) is 3. The molecule has 1 aliphatic rings. The van der Waals surface area contributed by atoms with Crippen molar-refractivity contribution in [3.63, 3.8) is 0 Å². The van der Waals surface area contributed by atoms with Gasteiger partial charge in [-0.25, -0.2) is 4.99 Å². The zero-order valence-corrected chi connectivity index (χ0v) is 23.7. The van der Waals surface area contributed by atoms with E-state index in [1.807, 2.05) is 18.2 Å². The van der Waals surface area contributed by atoms with Gasteiger partial charge in [0.2, 0.25) is 18.0 Å². The highest BCUT2D eigenvalue weighted by molar-refractivity contribution is 6.20. The molecule has 2 N–H and O–H groups in total. The van der Waals surface area contributed by atoms with E-state index >= 15 is 0 Å². The van der Waals surface area contributed by atoms with Gasteiger partial charge in [-0.15, -0.1) is 0 Å². The smallest absolute Gasteiger partial charge is 0.272 e. The van der Waals surface area contributed by atoms with E-state index in [4.69, 9.17) is 0 Å². The van der Waals surface area contributed by atoms with Crippen molar-refractivity contribution >= 4 is 34.9 Å². The monoisotopic (exact) mass is 533 g/mol. The van der Waals surface area contributed by atoms with Crippen LogP contribution in [0.1, 0.15) is 72.1 Å².